The van der Waals surface area contributed by atoms with E-state index in [0.717, 1.165) is 5.56 Å². The predicted molar refractivity (Wildman–Crippen MR) is 163 cm³/mol. The van der Waals surface area contributed by atoms with Crippen LogP contribution in [0.2, 0.25) is 0 Å². The standard InChI is InChI=1S/C29H42N6O5S2/c1-20(2)25-27-32-26(21-8-5-4-6-9-21)33-35(27)16-15-34(29(38)22-12-18-42(39,40)19-13-22)14-7-10-24(36)30-23(11-17-41-3)28(37)31-25/h4-6,8-9,20,22-23,25H,7,10-19H2,1-3H3,(H,30,36)(H,31,37)/t23-,25+/m0/s1. The fraction of sp³-hybridized carbons (Fsp3) is 0.621. The summed E-state index contributed by atoms with van der Waals surface area (Å²) in [7, 11) is -3.10. The van der Waals surface area contributed by atoms with Crippen molar-refractivity contribution < 1.29 is 22.8 Å². The Balaban J connectivity index is 1.68. The molecular weight excluding hydrogens is 576 g/mol. The molecular formula is C29H42N6O5S2. The van der Waals surface area contributed by atoms with E-state index in [9.17, 15) is 22.8 Å². The summed E-state index contributed by atoms with van der Waals surface area (Å²) in [5, 5.41) is 10.9. The molecule has 4 rings (SSSR count). The first-order valence-corrected chi connectivity index (χ1v) is 17.9. The van der Waals surface area contributed by atoms with E-state index in [2.05, 4.69) is 10.6 Å². The van der Waals surface area contributed by atoms with Crippen molar-refractivity contribution in [3.63, 3.8) is 0 Å². The zero-order valence-electron chi connectivity index (χ0n) is 24.6. The Morgan fingerprint density at radius 3 is 2.45 bits per heavy atom. The number of nitrogens with zero attached hydrogens (tertiary/aromatic N) is 4. The summed E-state index contributed by atoms with van der Waals surface area (Å²) < 4.78 is 25.7. The fourth-order valence-corrected chi connectivity index (χ4v) is 7.35. The van der Waals surface area contributed by atoms with Crippen LogP contribution in [0.25, 0.3) is 11.4 Å². The maximum atomic E-state index is 13.6. The lowest BCUT2D eigenvalue weighted by Crippen LogP contribution is -2.49. The summed E-state index contributed by atoms with van der Waals surface area (Å²) in [6.07, 6.45) is 3.66. The first-order valence-electron chi connectivity index (χ1n) is 14.7. The van der Waals surface area contributed by atoms with Crippen LogP contribution in [0.3, 0.4) is 0 Å². The van der Waals surface area contributed by atoms with Gasteiger partial charge in [-0.3, -0.25) is 14.4 Å². The molecule has 0 bridgehead atoms. The van der Waals surface area contributed by atoms with Crippen LogP contribution in [0.1, 0.15) is 57.8 Å². The third kappa shape index (κ3) is 8.33. The molecule has 2 aliphatic rings. The highest BCUT2D eigenvalue weighted by molar-refractivity contribution is 7.98. The van der Waals surface area contributed by atoms with Gasteiger partial charge in [0.1, 0.15) is 15.9 Å². The maximum absolute atomic E-state index is 13.6. The minimum atomic E-state index is -3.10. The van der Waals surface area contributed by atoms with Gasteiger partial charge in [-0.1, -0.05) is 44.2 Å². The molecule has 1 aromatic carbocycles. The van der Waals surface area contributed by atoms with Gasteiger partial charge in [-0.15, -0.1) is 0 Å². The molecule has 0 saturated carbocycles. The number of nitrogens with one attached hydrogen (secondary N) is 2. The Labute approximate surface area is 252 Å². The Kier molecular flexibility index (Phi) is 11.0. The largest absolute Gasteiger partial charge is 0.344 e. The number of thioether (sulfide) groups is 1. The van der Waals surface area contributed by atoms with Gasteiger partial charge in [0.25, 0.3) is 0 Å². The van der Waals surface area contributed by atoms with E-state index < -0.39 is 21.9 Å². The molecule has 1 aromatic heterocycles. The van der Waals surface area contributed by atoms with Gasteiger partial charge in [0.15, 0.2) is 11.6 Å². The van der Waals surface area contributed by atoms with Gasteiger partial charge in [0.05, 0.1) is 24.1 Å². The first-order chi connectivity index (χ1) is 20.1. The van der Waals surface area contributed by atoms with Crippen molar-refractivity contribution in [2.45, 2.75) is 64.6 Å². The summed E-state index contributed by atoms with van der Waals surface area (Å²) in [5.41, 5.74) is 0.839. The number of benzene rings is 1. The van der Waals surface area contributed by atoms with Gasteiger partial charge in [-0.05, 0) is 43.6 Å². The van der Waals surface area contributed by atoms with Gasteiger partial charge in [0.2, 0.25) is 17.7 Å². The van der Waals surface area contributed by atoms with E-state index in [1.54, 1.807) is 21.3 Å². The van der Waals surface area contributed by atoms with E-state index in [1.807, 2.05) is 50.4 Å². The van der Waals surface area contributed by atoms with Crippen molar-refractivity contribution in [2.24, 2.45) is 11.8 Å². The first kappa shape index (κ1) is 32.0. The monoisotopic (exact) mass is 618 g/mol. The lowest BCUT2D eigenvalue weighted by Gasteiger charge is -2.30. The number of fused-ring (bicyclic) bond motifs is 1. The number of sulfone groups is 1. The third-order valence-electron chi connectivity index (χ3n) is 7.87. The van der Waals surface area contributed by atoms with Crippen LogP contribution in [-0.2, 0) is 30.8 Å². The lowest BCUT2D eigenvalue weighted by atomic mass is 10.0. The minimum absolute atomic E-state index is 0.0144. The summed E-state index contributed by atoms with van der Waals surface area (Å²) in [6.45, 7) is 5.01. The van der Waals surface area contributed by atoms with Crippen molar-refractivity contribution in [1.29, 1.82) is 0 Å². The third-order valence-corrected chi connectivity index (χ3v) is 10.2. The molecule has 2 aliphatic heterocycles. The molecule has 3 amide bonds. The molecule has 0 aliphatic carbocycles. The van der Waals surface area contributed by atoms with Crippen molar-refractivity contribution in [3.05, 3.63) is 36.2 Å². The Bertz CT molecular complexity index is 1330. The molecule has 42 heavy (non-hydrogen) atoms. The minimum Gasteiger partial charge on any atom is -0.344 e. The number of aromatic nitrogens is 3. The van der Waals surface area contributed by atoms with Crippen LogP contribution in [0.15, 0.2) is 30.3 Å². The number of rotatable bonds is 6. The Morgan fingerprint density at radius 2 is 1.79 bits per heavy atom. The zero-order valence-corrected chi connectivity index (χ0v) is 26.3. The van der Waals surface area contributed by atoms with Crippen LogP contribution >= 0.6 is 11.8 Å². The van der Waals surface area contributed by atoms with Crippen LogP contribution < -0.4 is 10.6 Å². The second-order valence-electron chi connectivity index (χ2n) is 11.4. The Morgan fingerprint density at radius 1 is 1.07 bits per heavy atom. The zero-order chi connectivity index (χ0) is 30.3. The highest BCUT2D eigenvalue weighted by atomic mass is 32.2. The van der Waals surface area contributed by atoms with Crippen LogP contribution in [0, 0.1) is 11.8 Å². The highest BCUT2D eigenvalue weighted by Crippen LogP contribution is 2.26. The molecule has 2 aromatic rings. The number of hydrogen-bond donors (Lipinski definition) is 2. The van der Waals surface area contributed by atoms with Crippen molar-refractivity contribution >= 4 is 39.3 Å². The van der Waals surface area contributed by atoms with Gasteiger partial charge in [-0.25, -0.2) is 18.1 Å². The number of carbonyl (C=O) groups is 3. The van der Waals surface area contributed by atoms with E-state index in [-0.39, 0.29) is 47.5 Å². The van der Waals surface area contributed by atoms with E-state index in [1.165, 1.54) is 0 Å². The normalized spacial score (nSPS) is 22.6. The quantitative estimate of drug-likeness (QED) is 0.503. The fourth-order valence-electron chi connectivity index (χ4n) is 5.39. The summed E-state index contributed by atoms with van der Waals surface area (Å²) in [4.78, 5) is 46.7. The van der Waals surface area contributed by atoms with Gasteiger partial charge in [-0.2, -0.15) is 16.9 Å². The topological polar surface area (TPSA) is 143 Å². The molecule has 0 spiro atoms. The molecule has 13 heteroatoms. The summed E-state index contributed by atoms with van der Waals surface area (Å²) in [5.74, 6) is 0.862. The molecule has 2 atom stereocenters. The lowest BCUT2D eigenvalue weighted by molar-refractivity contribution is -0.136. The second kappa shape index (κ2) is 14.5. The summed E-state index contributed by atoms with van der Waals surface area (Å²) >= 11 is 1.61. The van der Waals surface area contributed by atoms with Gasteiger partial charge < -0.3 is 15.5 Å². The molecule has 1 fully saturated rings. The average Bonchev–Trinajstić information content (AvgIpc) is 3.39. The smallest absolute Gasteiger partial charge is 0.243 e. The van der Waals surface area contributed by atoms with Crippen LogP contribution in [0.5, 0.6) is 0 Å². The van der Waals surface area contributed by atoms with Gasteiger partial charge >= 0.3 is 0 Å². The van der Waals surface area contributed by atoms with E-state index >= 15 is 0 Å². The molecule has 0 radical (unpaired) electrons. The average molecular weight is 619 g/mol. The van der Waals surface area contributed by atoms with Crippen LogP contribution in [0.4, 0.5) is 0 Å². The second-order valence-corrected chi connectivity index (χ2v) is 14.7. The molecule has 1 saturated heterocycles. The molecule has 3 heterocycles. The van der Waals surface area contributed by atoms with Crippen molar-refractivity contribution in [1.82, 2.24) is 30.3 Å². The van der Waals surface area contributed by atoms with Crippen LogP contribution in [-0.4, -0.2) is 88.4 Å². The summed E-state index contributed by atoms with van der Waals surface area (Å²) in [6, 6.07) is 8.43. The molecule has 2 N–H and O–H groups in total. The SMILES string of the molecule is CSCC[C@@H]1NC(=O)CCCN(C(=O)C2CCS(=O)(=O)CC2)CCn2nc(-c3ccccc3)nc2[C@@H](C(C)C)NC1=O. The van der Waals surface area contributed by atoms with Gasteiger partial charge in [0, 0.05) is 31.0 Å². The predicted octanol–water partition coefficient (Wildman–Crippen LogP) is 2.44. The Hall–Kier alpha value is -2.93. The van der Waals surface area contributed by atoms with Crippen molar-refractivity contribution in [3.8, 4) is 11.4 Å². The highest BCUT2D eigenvalue weighted by Gasteiger charge is 2.33. The van der Waals surface area contributed by atoms with E-state index in [0.29, 0.717) is 62.7 Å². The molecule has 11 nitrogen and oxygen atoms in total. The maximum Gasteiger partial charge on any atom is 0.243 e. The number of amides is 3. The molecule has 0 unspecified atom stereocenters. The van der Waals surface area contributed by atoms with E-state index in [4.69, 9.17) is 10.1 Å². The number of carbonyl (C=O) groups excluding carboxylic acids is 3. The van der Waals surface area contributed by atoms with Crippen molar-refractivity contribution in [2.75, 3.05) is 36.6 Å². The number of hydrogen-bond acceptors (Lipinski definition) is 8. The molecule has 230 valence electrons.